The SMILES string of the molecule is CC1(C)c2ccccc2-c2cc3c4cc(-c5ccc6c(c5)c5cc(-c7ccc8oc9ccccc9c8c7)ccc5n6-c5ccc(-c6ccc7oc8ccccc8c7c6)cc5)ccc4n(-c4ccccc4)c3cc21. The van der Waals surface area contributed by atoms with E-state index in [9.17, 15) is 0 Å². The fourth-order valence-electron chi connectivity index (χ4n) is 12.5. The molecular formula is C69H44N2O2. The van der Waals surface area contributed by atoms with Gasteiger partial charge in [-0.2, -0.15) is 0 Å². The average Bonchev–Trinajstić information content (AvgIpc) is 4.23. The Labute approximate surface area is 420 Å². The highest BCUT2D eigenvalue weighted by atomic mass is 16.3. The topological polar surface area (TPSA) is 36.1 Å². The number of hydrogen-bond acceptors (Lipinski definition) is 2. The van der Waals surface area contributed by atoms with Crippen molar-refractivity contribution in [1.82, 2.24) is 9.13 Å². The second-order valence-corrected chi connectivity index (χ2v) is 20.5. The fraction of sp³-hybridized carbons (Fsp3) is 0.0435. The highest BCUT2D eigenvalue weighted by Gasteiger charge is 2.36. The van der Waals surface area contributed by atoms with Gasteiger partial charge >= 0.3 is 0 Å². The molecule has 0 unspecified atom stereocenters. The molecule has 4 heterocycles. The first-order chi connectivity index (χ1) is 35.9. The normalized spacial score (nSPS) is 13.2. The van der Waals surface area contributed by atoms with Crippen molar-refractivity contribution < 1.29 is 8.83 Å². The first kappa shape index (κ1) is 40.4. The molecule has 4 aromatic heterocycles. The highest BCUT2D eigenvalue weighted by molar-refractivity contribution is 6.15. The summed E-state index contributed by atoms with van der Waals surface area (Å²) < 4.78 is 17.3. The minimum absolute atomic E-state index is 0.106. The van der Waals surface area contributed by atoms with Crippen molar-refractivity contribution >= 4 is 87.5 Å². The molecule has 0 spiro atoms. The number of fused-ring (bicyclic) bond motifs is 15. The molecule has 0 atom stereocenters. The summed E-state index contributed by atoms with van der Waals surface area (Å²) in [4.78, 5) is 0. The van der Waals surface area contributed by atoms with E-state index in [1.807, 2.05) is 24.3 Å². The van der Waals surface area contributed by atoms with Crippen LogP contribution in [0.25, 0.3) is 143 Å². The molecule has 4 nitrogen and oxygen atoms in total. The number of rotatable bonds is 5. The molecule has 0 fully saturated rings. The van der Waals surface area contributed by atoms with Gasteiger partial charge in [0.1, 0.15) is 22.3 Å². The summed E-state index contributed by atoms with van der Waals surface area (Å²) in [6.07, 6.45) is 0. The summed E-state index contributed by atoms with van der Waals surface area (Å²) in [5, 5.41) is 9.43. The zero-order valence-corrected chi connectivity index (χ0v) is 40.2. The van der Waals surface area contributed by atoms with E-state index in [1.165, 1.54) is 66.0 Å². The predicted octanol–water partition coefficient (Wildman–Crippen LogP) is 19.0. The van der Waals surface area contributed by atoms with Crippen LogP contribution in [0.2, 0.25) is 0 Å². The Balaban J connectivity index is 0.879. The summed E-state index contributed by atoms with van der Waals surface area (Å²) in [5.74, 6) is 0. The second kappa shape index (κ2) is 14.8. The van der Waals surface area contributed by atoms with E-state index in [0.717, 1.165) is 88.5 Å². The summed E-state index contributed by atoms with van der Waals surface area (Å²) in [5.41, 5.74) is 22.9. The lowest BCUT2D eigenvalue weighted by Crippen LogP contribution is -2.14. The van der Waals surface area contributed by atoms with E-state index in [4.69, 9.17) is 8.83 Å². The van der Waals surface area contributed by atoms with Gasteiger partial charge in [-0.15, -0.1) is 0 Å². The number of para-hydroxylation sites is 3. The minimum atomic E-state index is -0.106. The van der Waals surface area contributed by atoms with Crippen LogP contribution in [-0.2, 0) is 5.41 Å². The summed E-state index contributed by atoms with van der Waals surface area (Å²) >= 11 is 0. The van der Waals surface area contributed by atoms with E-state index in [1.54, 1.807) is 0 Å². The van der Waals surface area contributed by atoms with Crippen molar-refractivity contribution in [1.29, 1.82) is 0 Å². The highest BCUT2D eigenvalue weighted by Crippen LogP contribution is 2.51. The summed E-state index contributed by atoms with van der Waals surface area (Å²) in [6, 6.07) is 84.5. The maximum absolute atomic E-state index is 6.25. The quantitative estimate of drug-likeness (QED) is 0.172. The fourth-order valence-corrected chi connectivity index (χ4v) is 12.5. The molecule has 1 aliphatic rings. The standard InChI is InChI=1S/C69H44N2O2/c1-69(2)59-17-9-6-14-49(59)52-39-56-55-36-44(24-31-63(55)71(64(56)40-60(52)69)47-12-4-3-5-13-47)43-22-29-61-53(34-43)54-35-45(46-26-33-68-58(38-46)51-16-8-11-19-66(51)73-68)23-30-62(54)70(61)48-27-20-41(21-28-48)42-25-32-67-57(37-42)50-15-7-10-18-65(50)72-67/h3-40H,1-2H3. The molecule has 0 bridgehead atoms. The van der Waals surface area contributed by atoms with Crippen LogP contribution in [0.3, 0.4) is 0 Å². The zero-order valence-electron chi connectivity index (χ0n) is 40.2. The number of furan rings is 2. The Morgan fingerprint density at radius 1 is 0.274 bits per heavy atom. The first-order valence-corrected chi connectivity index (χ1v) is 25.2. The van der Waals surface area contributed by atoms with Gasteiger partial charge in [0.15, 0.2) is 0 Å². The van der Waals surface area contributed by atoms with Gasteiger partial charge in [-0.05, 0) is 165 Å². The molecule has 1 aliphatic carbocycles. The van der Waals surface area contributed by atoms with Gasteiger partial charge in [0.25, 0.3) is 0 Å². The van der Waals surface area contributed by atoms with Gasteiger partial charge in [0.05, 0.1) is 22.1 Å². The third-order valence-corrected chi connectivity index (χ3v) is 16.1. The summed E-state index contributed by atoms with van der Waals surface area (Å²) in [7, 11) is 0. The van der Waals surface area contributed by atoms with Crippen LogP contribution in [0.15, 0.2) is 239 Å². The lowest BCUT2D eigenvalue weighted by atomic mass is 9.82. The van der Waals surface area contributed by atoms with Gasteiger partial charge in [-0.1, -0.05) is 135 Å². The molecule has 0 N–H and O–H groups in total. The van der Waals surface area contributed by atoms with E-state index >= 15 is 0 Å². The molecule has 0 amide bonds. The van der Waals surface area contributed by atoms with Gasteiger partial charge in [0.2, 0.25) is 0 Å². The third kappa shape index (κ3) is 5.83. The van der Waals surface area contributed by atoms with Crippen LogP contribution in [0.4, 0.5) is 0 Å². The van der Waals surface area contributed by atoms with Crippen molar-refractivity contribution in [2.24, 2.45) is 0 Å². The lowest BCUT2D eigenvalue weighted by Gasteiger charge is -2.21. The Kier molecular flexibility index (Phi) is 8.20. The number of nitrogens with zero attached hydrogens (tertiary/aromatic N) is 2. The Morgan fingerprint density at radius 2 is 0.685 bits per heavy atom. The van der Waals surface area contributed by atoms with Crippen molar-refractivity contribution in [3.63, 3.8) is 0 Å². The number of aromatic nitrogens is 2. The van der Waals surface area contributed by atoms with Crippen molar-refractivity contribution in [2.75, 3.05) is 0 Å². The van der Waals surface area contributed by atoms with Crippen LogP contribution >= 0.6 is 0 Å². The van der Waals surface area contributed by atoms with E-state index in [0.29, 0.717) is 0 Å². The average molecular weight is 933 g/mol. The molecule has 342 valence electrons. The molecule has 73 heavy (non-hydrogen) atoms. The van der Waals surface area contributed by atoms with Crippen molar-refractivity contribution in [2.45, 2.75) is 19.3 Å². The predicted molar refractivity (Wildman–Crippen MR) is 304 cm³/mol. The van der Waals surface area contributed by atoms with Crippen LogP contribution < -0.4 is 0 Å². The van der Waals surface area contributed by atoms with E-state index < -0.39 is 0 Å². The Morgan fingerprint density at radius 3 is 1.26 bits per heavy atom. The molecular weight excluding hydrogens is 889 g/mol. The molecule has 0 radical (unpaired) electrons. The lowest BCUT2D eigenvalue weighted by molar-refractivity contribution is 0.661. The van der Waals surface area contributed by atoms with Crippen LogP contribution in [-0.4, -0.2) is 9.13 Å². The minimum Gasteiger partial charge on any atom is -0.456 e. The molecule has 4 heteroatoms. The van der Waals surface area contributed by atoms with E-state index in [2.05, 4.69) is 229 Å². The Bertz CT molecular complexity index is 4810. The summed E-state index contributed by atoms with van der Waals surface area (Å²) in [6.45, 7) is 4.74. The molecule has 15 aromatic rings. The van der Waals surface area contributed by atoms with Gasteiger partial charge in [0, 0.05) is 59.9 Å². The van der Waals surface area contributed by atoms with Gasteiger partial charge in [-0.25, -0.2) is 0 Å². The molecule has 16 rings (SSSR count). The zero-order chi connectivity index (χ0) is 48.1. The van der Waals surface area contributed by atoms with Crippen LogP contribution in [0.1, 0.15) is 25.0 Å². The third-order valence-electron chi connectivity index (χ3n) is 16.1. The second-order valence-electron chi connectivity index (χ2n) is 20.5. The van der Waals surface area contributed by atoms with Crippen molar-refractivity contribution in [3.8, 4) is 55.9 Å². The monoisotopic (exact) mass is 932 g/mol. The first-order valence-electron chi connectivity index (χ1n) is 25.2. The van der Waals surface area contributed by atoms with Gasteiger partial charge in [-0.3, -0.25) is 0 Å². The van der Waals surface area contributed by atoms with Gasteiger partial charge < -0.3 is 18.0 Å². The Hall–Kier alpha value is -9.38. The maximum Gasteiger partial charge on any atom is 0.135 e. The number of hydrogen-bond donors (Lipinski definition) is 0. The largest absolute Gasteiger partial charge is 0.456 e. The van der Waals surface area contributed by atoms with Crippen LogP contribution in [0, 0.1) is 0 Å². The molecule has 0 saturated heterocycles. The van der Waals surface area contributed by atoms with Crippen LogP contribution in [0.5, 0.6) is 0 Å². The molecule has 0 aliphatic heterocycles. The van der Waals surface area contributed by atoms with Crippen molar-refractivity contribution in [3.05, 3.63) is 242 Å². The van der Waals surface area contributed by atoms with E-state index in [-0.39, 0.29) is 5.41 Å². The smallest absolute Gasteiger partial charge is 0.135 e. The maximum atomic E-state index is 6.25. The molecule has 0 saturated carbocycles. The molecule has 11 aromatic carbocycles. The number of benzene rings is 11.